The van der Waals surface area contributed by atoms with E-state index in [0.29, 0.717) is 6.54 Å². The molecular weight excluding hydrogens is 360 g/mol. The molecule has 3 aromatic rings. The van der Waals surface area contributed by atoms with Crippen molar-refractivity contribution >= 4 is 5.91 Å². The standard InChI is InChI=1S/C22H23F2N3O/c1-27(22(28)17-12-18(23)14-19(24)13-17)11-7-3-6-10-20-15-21(26-25-20)16-8-4-2-5-9-16/h2,4-5,8-9,12-15H,3,6-7,10-11H2,1H3,(H,25,26). The van der Waals surface area contributed by atoms with E-state index in [1.165, 1.54) is 4.90 Å². The summed E-state index contributed by atoms with van der Waals surface area (Å²) in [6.07, 6.45) is 3.61. The number of nitrogens with zero attached hydrogens (tertiary/aromatic N) is 2. The summed E-state index contributed by atoms with van der Waals surface area (Å²) in [4.78, 5) is 13.7. The number of hydrogen-bond donors (Lipinski definition) is 1. The Kier molecular flexibility index (Phi) is 6.53. The van der Waals surface area contributed by atoms with Crippen molar-refractivity contribution in [2.75, 3.05) is 13.6 Å². The van der Waals surface area contributed by atoms with Gasteiger partial charge in [-0.3, -0.25) is 9.89 Å². The minimum absolute atomic E-state index is 0.0332. The minimum Gasteiger partial charge on any atom is -0.342 e. The van der Waals surface area contributed by atoms with Crippen molar-refractivity contribution in [3.05, 3.63) is 77.5 Å². The Morgan fingerprint density at radius 1 is 1.00 bits per heavy atom. The highest BCUT2D eigenvalue weighted by atomic mass is 19.1. The van der Waals surface area contributed by atoms with Gasteiger partial charge in [-0.25, -0.2) is 8.78 Å². The van der Waals surface area contributed by atoms with Crippen molar-refractivity contribution in [1.29, 1.82) is 0 Å². The van der Waals surface area contributed by atoms with E-state index >= 15 is 0 Å². The Morgan fingerprint density at radius 3 is 2.43 bits per heavy atom. The summed E-state index contributed by atoms with van der Waals surface area (Å²) < 4.78 is 26.5. The third kappa shape index (κ3) is 5.25. The molecule has 0 aliphatic carbocycles. The maximum Gasteiger partial charge on any atom is 0.253 e. The van der Waals surface area contributed by atoms with E-state index in [0.717, 1.165) is 60.8 Å². The van der Waals surface area contributed by atoms with Crippen LogP contribution in [0.5, 0.6) is 0 Å². The molecule has 0 radical (unpaired) electrons. The molecule has 0 aliphatic heterocycles. The van der Waals surface area contributed by atoms with Crippen molar-refractivity contribution in [2.24, 2.45) is 0 Å². The summed E-state index contributed by atoms with van der Waals surface area (Å²) in [5, 5.41) is 7.41. The predicted octanol–water partition coefficient (Wildman–Crippen LogP) is 4.84. The van der Waals surface area contributed by atoms with Crippen LogP contribution < -0.4 is 0 Å². The fourth-order valence-electron chi connectivity index (χ4n) is 3.09. The molecule has 2 aromatic carbocycles. The van der Waals surface area contributed by atoms with Gasteiger partial charge in [-0.15, -0.1) is 0 Å². The average molecular weight is 383 g/mol. The highest BCUT2D eigenvalue weighted by Crippen LogP contribution is 2.18. The van der Waals surface area contributed by atoms with Gasteiger partial charge in [-0.1, -0.05) is 36.8 Å². The number of aromatic nitrogens is 2. The first-order valence-corrected chi connectivity index (χ1v) is 9.34. The number of rotatable bonds is 8. The van der Waals surface area contributed by atoms with Gasteiger partial charge >= 0.3 is 0 Å². The van der Waals surface area contributed by atoms with Crippen LogP contribution in [0.25, 0.3) is 11.3 Å². The Morgan fingerprint density at radius 2 is 1.71 bits per heavy atom. The fourth-order valence-corrected chi connectivity index (χ4v) is 3.09. The van der Waals surface area contributed by atoms with E-state index in [1.807, 2.05) is 30.3 Å². The maximum absolute atomic E-state index is 13.3. The lowest BCUT2D eigenvalue weighted by Crippen LogP contribution is -2.28. The van der Waals surface area contributed by atoms with E-state index in [-0.39, 0.29) is 11.5 Å². The van der Waals surface area contributed by atoms with Gasteiger partial charge in [0.05, 0.1) is 5.69 Å². The molecule has 1 N–H and O–H groups in total. The molecule has 3 rings (SSSR count). The molecule has 0 aliphatic rings. The molecule has 28 heavy (non-hydrogen) atoms. The molecule has 4 nitrogen and oxygen atoms in total. The summed E-state index contributed by atoms with van der Waals surface area (Å²) in [6, 6.07) is 14.9. The van der Waals surface area contributed by atoms with Gasteiger partial charge in [0.15, 0.2) is 0 Å². The molecule has 0 unspecified atom stereocenters. The predicted molar refractivity (Wildman–Crippen MR) is 105 cm³/mol. The monoisotopic (exact) mass is 383 g/mol. The van der Waals surface area contributed by atoms with E-state index < -0.39 is 11.6 Å². The summed E-state index contributed by atoms with van der Waals surface area (Å²) in [5.74, 6) is -1.86. The number of benzene rings is 2. The van der Waals surface area contributed by atoms with E-state index in [4.69, 9.17) is 0 Å². The molecule has 146 valence electrons. The molecule has 0 saturated carbocycles. The molecule has 0 fully saturated rings. The van der Waals surface area contributed by atoms with Crippen LogP contribution in [0.1, 0.15) is 35.3 Å². The summed E-state index contributed by atoms with van der Waals surface area (Å²) >= 11 is 0. The molecule has 1 heterocycles. The van der Waals surface area contributed by atoms with Crippen LogP contribution in [-0.2, 0) is 6.42 Å². The molecule has 0 saturated heterocycles. The Balaban J connectivity index is 1.41. The minimum atomic E-state index is -0.744. The largest absolute Gasteiger partial charge is 0.342 e. The number of carbonyl (C=O) groups excluding carboxylic acids is 1. The van der Waals surface area contributed by atoms with Gasteiger partial charge in [0.2, 0.25) is 0 Å². The molecule has 0 bridgehead atoms. The first-order valence-electron chi connectivity index (χ1n) is 9.34. The number of hydrogen-bond acceptors (Lipinski definition) is 2. The van der Waals surface area contributed by atoms with E-state index in [1.54, 1.807) is 7.05 Å². The normalized spacial score (nSPS) is 10.8. The SMILES string of the molecule is CN(CCCCCc1cc(-c2ccccc2)n[nH]1)C(=O)c1cc(F)cc(F)c1. The van der Waals surface area contributed by atoms with Crippen LogP contribution >= 0.6 is 0 Å². The highest BCUT2D eigenvalue weighted by molar-refractivity contribution is 5.94. The Labute approximate surface area is 163 Å². The Bertz CT molecular complexity index is 904. The zero-order valence-electron chi connectivity index (χ0n) is 15.8. The fraction of sp³-hybridized carbons (Fsp3) is 0.273. The first-order chi connectivity index (χ1) is 13.5. The highest BCUT2D eigenvalue weighted by Gasteiger charge is 2.13. The van der Waals surface area contributed by atoms with Crippen molar-refractivity contribution in [3.8, 4) is 11.3 Å². The molecule has 6 heteroatoms. The number of nitrogens with one attached hydrogen (secondary N) is 1. The maximum atomic E-state index is 13.3. The lowest BCUT2D eigenvalue weighted by atomic mass is 10.1. The van der Waals surface area contributed by atoms with Crippen molar-refractivity contribution in [2.45, 2.75) is 25.7 Å². The van der Waals surface area contributed by atoms with E-state index in [2.05, 4.69) is 16.3 Å². The van der Waals surface area contributed by atoms with Crippen molar-refractivity contribution in [1.82, 2.24) is 15.1 Å². The first kappa shape index (κ1) is 19.7. The van der Waals surface area contributed by atoms with Crippen molar-refractivity contribution < 1.29 is 13.6 Å². The number of aromatic amines is 1. The molecule has 0 atom stereocenters. The lowest BCUT2D eigenvalue weighted by molar-refractivity contribution is 0.0791. The van der Waals surface area contributed by atoms with Crippen LogP contribution in [-0.4, -0.2) is 34.6 Å². The van der Waals surface area contributed by atoms with Gasteiger partial charge < -0.3 is 4.90 Å². The van der Waals surface area contributed by atoms with Gasteiger partial charge in [-0.2, -0.15) is 5.10 Å². The zero-order chi connectivity index (χ0) is 19.9. The zero-order valence-corrected chi connectivity index (χ0v) is 15.8. The van der Waals surface area contributed by atoms with Crippen LogP contribution in [0.2, 0.25) is 0 Å². The second-order valence-corrected chi connectivity index (χ2v) is 6.84. The van der Waals surface area contributed by atoms with Gasteiger partial charge in [0.1, 0.15) is 11.6 Å². The second kappa shape index (κ2) is 9.26. The summed E-state index contributed by atoms with van der Waals surface area (Å²) in [6.45, 7) is 0.537. The lowest BCUT2D eigenvalue weighted by Gasteiger charge is -2.17. The molecule has 0 spiro atoms. The summed E-state index contributed by atoms with van der Waals surface area (Å²) in [5.41, 5.74) is 3.13. The molecule has 1 aromatic heterocycles. The van der Waals surface area contributed by atoms with Gasteiger partial charge in [-0.05, 0) is 37.5 Å². The van der Waals surface area contributed by atoms with Gasteiger partial charge in [0.25, 0.3) is 5.91 Å². The van der Waals surface area contributed by atoms with E-state index in [9.17, 15) is 13.6 Å². The molecular formula is C22H23F2N3O. The second-order valence-electron chi connectivity index (χ2n) is 6.84. The Hall–Kier alpha value is -3.02. The van der Waals surface area contributed by atoms with Gasteiger partial charge in [0, 0.05) is 36.5 Å². The molecule has 1 amide bonds. The quantitative estimate of drug-likeness (QED) is 0.566. The third-order valence-corrected chi connectivity index (χ3v) is 4.60. The van der Waals surface area contributed by atoms with Crippen LogP contribution in [0.4, 0.5) is 8.78 Å². The smallest absolute Gasteiger partial charge is 0.253 e. The summed E-state index contributed by atoms with van der Waals surface area (Å²) in [7, 11) is 1.65. The number of amides is 1. The van der Waals surface area contributed by atoms with Crippen LogP contribution in [0, 0.1) is 11.6 Å². The number of carbonyl (C=O) groups is 1. The number of aryl methyl sites for hydroxylation is 1. The van der Waals surface area contributed by atoms with Crippen molar-refractivity contribution in [3.63, 3.8) is 0 Å². The van der Waals surface area contributed by atoms with Crippen LogP contribution in [0.3, 0.4) is 0 Å². The topological polar surface area (TPSA) is 49.0 Å². The number of halogens is 2. The number of unbranched alkanes of at least 4 members (excludes halogenated alkanes) is 2. The average Bonchev–Trinajstić information content (AvgIpc) is 3.16. The third-order valence-electron chi connectivity index (χ3n) is 4.60. The van der Waals surface area contributed by atoms with Crippen LogP contribution in [0.15, 0.2) is 54.6 Å². The number of H-pyrrole nitrogens is 1.